The van der Waals surface area contributed by atoms with E-state index in [1.807, 2.05) is 12.1 Å². The van der Waals surface area contributed by atoms with Crippen molar-refractivity contribution in [3.8, 4) is 0 Å². The van der Waals surface area contributed by atoms with Gasteiger partial charge >= 0.3 is 0 Å². The van der Waals surface area contributed by atoms with Crippen LogP contribution in [-0.2, 0) is 0 Å². The molecule has 4 N–H and O–H groups in total. The Balaban J connectivity index is 2.88. The van der Waals surface area contributed by atoms with E-state index in [9.17, 15) is 0 Å². The van der Waals surface area contributed by atoms with Crippen LogP contribution in [0.25, 0.3) is 10.1 Å². The minimum atomic E-state index is 0.675. The Morgan fingerprint density at radius 3 is 2.67 bits per heavy atom. The Morgan fingerprint density at radius 1 is 1.17 bits per heavy atom. The van der Waals surface area contributed by atoms with Gasteiger partial charge < -0.3 is 11.5 Å². The Hall–Kier alpha value is -0.930. The summed E-state index contributed by atoms with van der Waals surface area (Å²) in [4.78, 5) is 0. The highest BCUT2D eigenvalue weighted by molar-refractivity contribution is 7.23. The van der Waals surface area contributed by atoms with Crippen LogP contribution < -0.4 is 11.5 Å². The van der Waals surface area contributed by atoms with Crippen LogP contribution in [0, 0.1) is 0 Å². The number of thiophene rings is 1. The SMILES string of the molecule is Nc1cc(N)c2sc(Cl)cc2c1. The molecule has 1 heterocycles. The van der Waals surface area contributed by atoms with Crippen molar-refractivity contribution < 1.29 is 0 Å². The van der Waals surface area contributed by atoms with Gasteiger partial charge in [0, 0.05) is 5.69 Å². The van der Waals surface area contributed by atoms with Gasteiger partial charge in [-0.15, -0.1) is 11.3 Å². The average molecular weight is 199 g/mol. The van der Waals surface area contributed by atoms with Crippen LogP contribution in [0.5, 0.6) is 0 Å². The van der Waals surface area contributed by atoms with Crippen LogP contribution in [0.2, 0.25) is 4.34 Å². The number of fused-ring (bicyclic) bond motifs is 1. The highest BCUT2D eigenvalue weighted by Crippen LogP contribution is 2.34. The highest BCUT2D eigenvalue weighted by Gasteiger charge is 2.03. The van der Waals surface area contributed by atoms with E-state index in [1.54, 1.807) is 6.07 Å². The summed E-state index contributed by atoms with van der Waals surface area (Å²) in [5, 5.41) is 1.02. The smallest absolute Gasteiger partial charge is 0.0941 e. The predicted octanol–water partition coefficient (Wildman–Crippen LogP) is 2.72. The first-order valence-electron chi connectivity index (χ1n) is 3.41. The summed E-state index contributed by atoms with van der Waals surface area (Å²) in [5.74, 6) is 0. The third-order valence-electron chi connectivity index (χ3n) is 1.64. The second kappa shape index (κ2) is 2.54. The zero-order chi connectivity index (χ0) is 8.72. The van der Waals surface area contributed by atoms with Crippen molar-refractivity contribution >= 4 is 44.4 Å². The van der Waals surface area contributed by atoms with Gasteiger partial charge in [0.25, 0.3) is 0 Å². The predicted molar refractivity (Wildman–Crippen MR) is 55.7 cm³/mol. The zero-order valence-corrected chi connectivity index (χ0v) is 7.75. The monoisotopic (exact) mass is 198 g/mol. The van der Waals surface area contributed by atoms with Crippen LogP contribution in [0.1, 0.15) is 0 Å². The lowest BCUT2D eigenvalue weighted by molar-refractivity contribution is 1.76. The average Bonchev–Trinajstić information content (AvgIpc) is 2.29. The molecule has 2 rings (SSSR count). The first-order valence-corrected chi connectivity index (χ1v) is 4.60. The fraction of sp³-hybridized carbons (Fsp3) is 0. The minimum absolute atomic E-state index is 0.675. The van der Waals surface area contributed by atoms with E-state index >= 15 is 0 Å². The maximum absolute atomic E-state index is 5.83. The number of nitrogen functional groups attached to an aromatic ring is 2. The molecule has 4 heteroatoms. The Labute approximate surface area is 78.7 Å². The molecule has 0 atom stereocenters. The second-order valence-electron chi connectivity index (χ2n) is 2.58. The van der Waals surface area contributed by atoms with E-state index in [2.05, 4.69) is 0 Å². The van der Waals surface area contributed by atoms with Gasteiger partial charge in [-0.05, 0) is 23.6 Å². The summed E-state index contributed by atoms with van der Waals surface area (Å²) in [6.07, 6.45) is 0. The Bertz CT molecular complexity index is 436. The molecule has 2 nitrogen and oxygen atoms in total. The minimum Gasteiger partial charge on any atom is -0.399 e. The topological polar surface area (TPSA) is 52.0 Å². The molecular formula is C8H7ClN2S. The summed E-state index contributed by atoms with van der Waals surface area (Å²) in [6.45, 7) is 0. The van der Waals surface area contributed by atoms with Crippen molar-refractivity contribution in [1.82, 2.24) is 0 Å². The molecule has 0 bridgehead atoms. The molecule has 0 aliphatic carbocycles. The van der Waals surface area contributed by atoms with Gasteiger partial charge in [-0.1, -0.05) is 11.6 Å². The second-order valence-corrected chi connectivity index (χ2v) is 4.26. The third-order valence-corrected chi connectivity index (χ3v) is 2.97. The van der Waals surface area contributed by atoms with E-state index in [1.165, 1.54) is 11.3 Å². The molecule has 0 amide bonds. The van der Waals surface area contributed by atoms with Gasteiger partial charge in [-0.2, -0.15) is 0 Å². The molecule has 0 spiro atoms. The summed E-state index contributed by atoms with van der Waals surface area (Å²) in [6, 6.07) is 5.48. The zero-order valence-electron chi connectivity index (χ0n) is 6.17. The van der Waals surface area contributed by atoms with E-state index in [0.29, 0.717) is 11.4 Å². The van der Waals surface area contributed by atoms with Crippen LogP contribution >= 0.6 is 22.9 Å². The fourth-order valence-electron chi connectivity index (χ4n) is 1.17. The number of hydrogen-bond donors (Lipinski definition) is 2. The van der Waals surface area contributed by atoms with Crippen molar-refractivity contribution in [3.63, 3.8) is 0 Å². The molecule has 0 unspecified atom stereocenters. The lowest BCUT2D eigenvalue weighted by atomic mass is 10.2. The summed E-state index contributed by atoms with van der Waals surface area (Å²) in [7, 11) is 0. The summed E-state index contributed by atoms with van der Waals surface area (Å²) >= 11 is 7.30. The van der Waals surface area contributed by atoms with E-state index in [0.717, 1.165) is 14.4 Å². The van der Waals surface area contributed by atoms with Crippen molar-refractivity contribution in [3.05, 3.63) is 22.5 Å². The number of anilines is 2. The van der Waals surface area contributed by atoms with E-state index < -0.39 is 0 Å². The fourth-order valence-corrected chi connectivity index (χ4v) is 2.32. The van der Waals surface area contributed by atoms with Crippen molar-refractivity contribution in [2.45, 2.75) is 0 Å². The van der Waals surface area contributed by atoms with Gasteiger partial charge in [0.15, 0.2) is 0 Å². The van der Waals surface area contributed by atoms with Crippen LogP contribution in [0.3, 0.4) is 0 Å². The first kappa shape index (κ1) is 7.71. The number of hydrogen-bond acceptors (Lipinski definition) is 3. The van der Waals surface area contributed by atoms with Crippen molar-refractivity contribution in [1.29, 1.82) is 0 Å². The van der Waals surface area contributed by atoms with E-state index in [-0.39, 0.29) is 0 Å². The number of rotatable bonds is 0. The molecule has 0 radical (unpaired) electrons. The molecule has 0 aliphatic heterocycles. The maximum atomic E-state index is 5.83. The molecule has 1 aromatic heterocycles. The highest BCUT2D eigenvalue weighted by atomic mass is 35.5. The molecule has 2 aromatic rings. The lowest BCUT2D eigenvalue weighted by Crippen LogP contribution is -1.88. The summed E-state index contributed by atoms with van der Waals surface area (Å²) < 4.78 is 1.75. The van der Waals surface area contributed by atoms with Crippen molar-refractivity contribution in [2.24, 2.45) is 0 Å². The maximum Gasteiger partial charge on any atom is 0.0941 e. The molecule has 12 heavy (non-hydrogen) atoms. The summed E-state index contributed by atoms with van der Waals surface area (Å²) in [5.41, 5.74) is 12.7. The van der Waals surface area contributed by atoms with Gasteiger partial charge in [0.05, 0.1) is 14.7 Å². The first-order chi connectivity index (χ1) is 5.66. The molecule has 1 aromatic carbocycles. The molecular weight excluding hydrogens is 192 g/mol. The van der Waals surface area contributed by atoms with Gasteiger partial charge in [-0.3, -0.25) is 0 Å². The van der Waals surface area contributed by atoms with Crippen LogP contribution in [0.15, 0.2) is 18.2 Å². The number of halogens is 1. The Morgan fingerprint density at radius 2 is 1.92 bits per heavy atom. The Kier molecular flexibility index (Phi) is 1.63. The number of nitrogens with two attached hydrogens (primary N) is 2. The standard InChI is InChI=1S/C8H7ClN2S/c9-7-2-4-1-5(10)3-6(11)8(4)12-7/h1-3H,10-11H2. The molecule has 62 valence electrons. The number of benzene rings is 1. The lowest BCUT2D eigenvalue weighted by Gasteiger charge is -1.97. The third kappa shape index (κ3) is 1.11. The molecule has 0 saturated heterocycles. The normalized spacial score (nSPS) is 10.8. The van der Waals surface area contributed by atoms with Crippen LogP contribution in [-0.4, -0.2) is 0 Å². The van der Waals surface area contributed by atoms with Gasteiger partial charge in [-0.25, -0.2) is 0 Å². The molecule has 0 fully saturated rings. The largest absolute Gasteiger partial charge is 0.399 e. The van der Waals surface area contributed by atoms with Gasteiger partial charge in [0.2, 0.25) is 0 Å². The molecule has 0 saturated carbocycles. The van der Waals surface area contributed by atoms with Crippen LogP contribution in [0.4, 0.5) is 11.4 Å². The molecule has 0 aliphatic rings. The quantitative estimate of drug-likeness (QED) is 0.640. The van der Waals surface area contributed by atoms with Gasteiger partial charge in [0.1, 0.15) is 0 Å². The van der Waals surface area contributed by atoms with E-state index in [4.69, 9.17) is 23.1 Å². The van der Waals surface area contributed by atoms with Crippen molar-refractivity contribution in [2.75, 3.05) is 11.5 Å².